The third kappa shape index (κ3) is 2.50. The van der Waals surface area contributed by atoms with Gasteiger partial charge in [-0.2, -0.15) is 0 Å². The van der Waals surface area contributed by atoms with Crippen molar-refractivity contribution in [1.29, 1.82) is 0 Å². The van der Waals surface area contributed by atoms with Gasteiger partial charge < -0.3 is 9.73 Å². The van der Waals surface area contributed by atoms with Crippen LogP contribution in [0.25, 0.3) is 0 Å². The Labute approximate surface area is 93.1 Å². The smallest absolute Gasteiger partial charge is 0.180 e. The summed E-state index contributed by atoms with van der Waals surface area (Å²) in [6.07, 6.45) is 3.10. The molecule has 0 fully saturated rings. The van der Waals surface area contributed by atoms with E-state index in [-0.39, 0.29) is 0 Å². The molecule has 1 aromatic heterocycles. The zero-order valence-corrected chi connectivity index (χ0v) is 9.08. The lowest BCUT2D eigenvalue weighted by Gasteiger charge is -2.05. The molecule has 0 amide bonds. The highest BCUT2D eigenvalue weighted by Gasteiger charge is 1.99. The molecule has 15 heavy (non-hydrogen) atoms. The van der Waals surface area contributed by atoms with Crippen LogP contribution in [-0.4, -0.2) is 4.98 Å². The summed E-state index contributed by atoms with van der Waals surface area (Å²) in [6.45, 7) is 2.59. The Balaban J connectivity index is 2.02. The van der Waals surface area contributed by atoms with Gasteiger partial charge in [-0.05, 0) is 24.6 Å². The molecule has 0 aliphatic rings. The molecule has 2 aromatic rings. The molecule has 0 radical (unpaired) electrons. The monoisotopic (exact) mass is 222 g/mol. The lowest BCUT2D eigenvalue weighted by atomic mass is 10.2. The van der Waals surface area contributed by atoms with E-state index in [1.807, 2.05) is 25.1 Å². The SMILES string of the molecule is Cc1ccc(NCc2cnco2)cc1Cl. The summed E-state index contributed by atoms with van der Waals surface area (Å²) in [7, 11) is 0. The normalized spacial score (nSPS) is 10.3. The van der Waals surface area contributed by atoms with Gasteiger partial charge in [-0.15, -0.1) is 0 Å². The molecule has 1 aromatic carbocycles. The molecule has 2 rings (SSSR count). The predicted molar refractivity (Wildman–Crippen MR) is 60.0 cm³/mol. The highest BCUT2D eigenvalue weighted by molar-refractivity contribution is 6.31. The van der Waals surface area contributed by atoms with Gasteiger partial charge in [0.1, 0.15) is 5.76 Å². The summed E-state index contributed by atoms with van der Waals surface area (Å²) >= 11 is 6.00. The zero-order valence-electron chi connectivity index (χ0n) is 8.33. The minimum atomic E-state index is 0.611. The van der Waals surface area contributed by atoms with Gasteiger partial charge in [-0.1, -0.05) is 17.7 Å². The molecule has 78 valence electrons. The van der Waals surface area contributed by atoms with Crippen molar-refractivity contribution < 1.29 is 4.42 Å². The Hall–Kier alpha value is -1.48. The summed E-state index contributed by atoms with van der Waals surface area (Å²) in [5.74, 6) is 0.798. The van der Waals surface area contributed by atoms with Crippen LogP contribution in [0.1, 0.15) is 11.3 Å². The minimum Gasteiger partial charge on any atom is -0.447 e. The largest absolute Gasteiger partial charge is 0.447 e. The number of nitrogens with one attached hydrogen (secondary N) is 1. The molecular formula is C11H11ClN2O. The molecule has 1 N–H and O–H groups in total. The first kappa shape index (κ1) is 10.1. The van der Waals surface area contributed by atoms with Crippen LogP contribution in [0.15, 0.2) is 35.2 Å². The maximum Gasteiger partial charge on any atom is 0.180 e. The maximum absolute atomic E-state index is 6.00. The molecule has 0 bridgehead atoms. The van der Waals surface area contributed by atoms with Crippen LogP contribution < -0.4 is 5.32 Å². The van der Waals surface area contributed by atoms with Gasteiger partial charge in [-0.25, -0.2) is 4.98 Å². The predicted octanol–water partition coefficient (Wildman–Crippen LogP) is 3.25. The first-order valence-corrected chi connectivity index (χ1v) is 5.01. The summed E-state index contributed by atoms with van der Waals surface area (Å²) in [6, 6.07) is 5.86. The van der Waals surface area contributed by atoms with Crippen LogP contribution in [0, 0.1) is 6.92 Å². The van der Waals surface area contributed by atoms with Gasteiger partial charge in [0.2, 0.25) is 0 Å². The van der Waals surface area contributed by atoms with E-state index < -0.39 is 0 Å². The quantitative estimate of drug-likeness (QED) is 0.867. The summed E-state index contributed by atoms with van der Waals surface area (Å²) in [5, 5.41) is 3.96. The van der Waals surface area contributed by atoms with Crippen molar-refractivity contribution in [3.8, 4) is 0 Å². The van der Waals surface area contributed by atoms with E-state index in [0.29, 0.717) is 6.54 Å². The zero-order chi connectivity index (χ0) is 10.7. The fraction of sp³-hybridized carbons (Fsp3) is 0.182. The maximum atomic E-state index is 6.00. The Bertz CT molecular complexity index is 440. The van der Waals surface area contributed by atoms with Gasteiger partial charge in [0.15, 0.2) is 6.39 Å². The van der Waals surface area contributed by atoms with Crippen molar-refractivity contribution >= 4 is 17.3 Å². The van der Waals surface area contributed by atoms with Crippen LogP contribution in [0.3, 0.4) is 0 Å². The fourth-order valence-corrected chi connectivity index (χ4v) is 1.40. The van der Waals surface area contributed by atoms with Crippen LogP contribution in [-0.2, 0) is 6.54 Å². The number of hydrogen-bond donors (Lipinski definition) is 1. The average molecular weight is 223 g/mol. The Morgan fingerprint density at radius 1 is 1.47 bits per heavy atom. The second-order valence-electron chi connectivity index (χ2n) is 3.29. The van der Waals surface area contributed by atoms with Crippen molar-refractivity contribution in [2.75, 3.05) is 5.32 Å². The number of halogens is 1. The highest BCUT2D eigenvalue weighted by atomic mass is 35.5. The first-order valence-electron chi connectivity index (χ1n) is 4.63. The summed E-state index contributed by atoms with van der Waals surface area (Å²) in [4.78, 5) is 3.83. The molecule has 0 aliphatic heterocycles. The number of benzene rings is 1. The van der Waals surface area contributed by atoms with Crippen LogP contribution in [0.5, 0.6) is 0 Å². The average Bonchev–Trinajstić information content (AvgIpc) is 2.73. The van der Waals surface area contributed by atoms with E-state index in [2.05, 4.69) is 10.3 Å². The minimum absolute atomic E-state index is 0.611. The van der Waals surface area contributed by atoms with E-state index in [9.17, 15) is 0 Å². The molecule has 1 heterocycles. The van der Waals surface area contributed by atoms with Gasteiger partial charge >= 0.3 is 0 Å². The molecule has 0 aliphatic carbocycles. The molecule has 0 saturated carbocycles. The first-order chi connectivity index (χ1) is 7.25. The highest BCUT2D eigenvalue weighted by Crippen LogP contribution is 2.20. The van der Waals surface area contributed by atoms with Gasteiger partial charge in [-0.3, -0.25) is 0 Å². The van der Waals surface area contributed by atoms with Crippen molar-refractivity contribution in [3.05, 3.63) is 47.1 Å². The standard InChI is InChI=1S/C11H11ClN2O/c1-8-2-3-9(4-11(8)12)14-6-10-5-13-7-15-10/h2-5,7,14H,6H2,1H3. The number of hydrogen-bond acceptors (Lipinski definition) is 3. The second kappa shape index (κ2) is 4.36. The summed E-state index contributed by atoms with van der Waals surface area (Å²) < 4.78 is 5.10. The van der Waals surface area contributed by atoms with E-state index in [1.54, 1.807) is 6.20 Å². The molecule has 0 unspecified atom stereocenters. The fourth-order valence-electron chi connectivity index (χ4n) is 1.22. The van der Waals surface area contributed by atoms with Gasteiger partial charge in [0.25, 0.3) is 0 Å². The Kier molecular flexibility index (Phi) is 2.92. The number of aromatic nitrogens is 1. The molecule has 0 atom stereocenters. The van der Waals surface area contributed by atoms with Crippen molar-refractivity contribution in [2.45, 2.75) is 13.5 Å². The third-order valence-corrected chi connectivity index (χ3v) is 2.53. The Morgan fingerprint density at radius 3 is 3.00 bits per heavy atom. The van der Waals surface area contributed by atoms with E-state index in [1.165, 1.54) is 6.39 Å². The molecular weight excluding hydrogens is 212 g/mol. The van der Waals surface area contributed by atoms with Crippen LogP contribution in [0.4, 0.5) is 5.69 Å². The third-order valence-electron chi connectivity index (χ3n) is 2.12. The lowest BCUT2D eigenvalue weighted by Crippen LogP contribution is -1.98. The van der Waals surface area contributed by atoms with E-state index in [0.717, 1.165) is 22.0 Å². The number of rotatable bonds is 3. The molecule has 0 spiro atoms. The molecule has 4 heteroatoms. The Morgan fingerprint density at radius 2 is 2.33 bits per heavy atom. The molecule has 3 nitrogen and oxygen atoms in total. The van der Waals surface area contributed by atoms with Crippen molar-refractivity contribution in [3.63, 3.8) is 0 Å². The second-order valence-corrected chi connectivity index (χ2v) is 3.69. The van der Waals surface area contributed by atoms with Gasteiger partial charge in [0.05, 0.1) is 12.7 Å². The number of oxazole rings is 1. The van der Waals surface area contributed by atoms with Crippen LogP contribution >= 0.6 is 11.6 Å². The van der Waals surface area contributed by atoms with E-state index in [4.69, 9.17) is 16.0 Å². The van der Waals surface area contributed by atoms with Crippen molar-refractivity contribution in [1.82, 2.24) is 4.98 Å². The van der Waals surface area contributed by atoms with E-state index >= 15 is 0 Å². The summed E-state index contributed by atoms with van der Waals surface area (Å²) in [5.41, 5.74) is 2.05. The number of anilines is 1. The van der Waals surface area contributed by atoms with Crippen LogP contribution in [0.2, 0.25) is 5.02 Å². The number of aryl methyl sites for hydroxylation is 1. The molecule has 0 saturated heterocycles. The van der Waals surface area contributed by atoms with Gasteiger partial charge in [0, 0.05) is 10.7 Å². The van der Waals surface area contributed by atoms with Crippen molar-refractivity contribution in [2.24, 2.45) is 0 Å². The lowest BCUT2D eigenvalue weighted by molar-refractivity contribution is 0.512. The topological polar surface area (TPSA) is 38.1 Å². The number of nitrogens with zero attached hydrogens (tertiary/aromatic N) is 1.